The Balaban J connectivity index is 2.95. The molecule has 1 rings (SSSR count). The summed E-state index contributed by atoms with van der Waals surface area (Å²) in [6.07, 6.45) is 1.59. The first-order valence-corrected chi connectivity index (χ1v) is 5.48. The van der Waals surface area contributed by atoms with Gasteiger partial charge in [-0.2, -0.15) is 8.42 Å². The fourth-order valence-corrected chi connectivity index (χ4v) is 1.64. The van der Waals surface area contributed by atoms with Crippen LogP contribution in [0.4, 0.5) is 0 Å². The highest BCUT2D eigenvalue weighted by atomic mass is 32.2. The van der Waals surface area contributed by atoms with Gasteiger partial charge in [0.2, 0.25) is 0 Å². The Bertz CT molecular complexity index is 422. The number of hydrogen-bond acceptors (Lipinski definition) is 3. The van der Waals surface area contributed by atoms with Gasteiger partial charge in [0, 0.05) is 6.42 Å². The summed E-state index contributed by atoms with van der Waals surface area (Å²) in [5.74, 6) is 0. The molecule has 0 aliphatic rings. The zero-order valence-corrected chi connectivity index (χ0v) is 8.20. The summed E-state index contributed by atoms with van der Waals surface area (Å²) >= 11 is 0. The molecular formula is C9H10O4S. The summed E-state index contributed by atoms with van der Waals surface area (Å²) in [5.41, 5.74) is 0.715. The lowest BCUT2D eigenvalue weighted by Gasteiger charge is -2.00. The van der Waals surface area contributed by atoms with E-state index in [1.807, 2.05) is 0 Å². The lowest BCUT2D eigenvalue weighted by atomic mass is 10.1. The van der Waals surface area contributed by atoms with Crippen LogP contribution < -0.4 is 0 Å². The summed E-state index contributed by atoms with van der Waals surface area (Å²) < 4.78 is 30.2. The van der Waals surface area contributed by atoms with E-state index in [0.717, 1.165) is 6.29 Å². The Morgan fingerprint density at radius 3 is 2.64 bits per heavy atom. The molecule has 0 radical (unpaired) electrons. The van der Waals surface area contributed by atoms with Gasteiger partial charge in [-0.05, 0) is 24.1 Å². The molecule has 0 aliphatic carbocycles. The predicted octanol–water partition coefficient (Wildman–Crippen LogP) is 1.06. The van der Waals surface area contributed by atoms with Crippen molar-refractivity contribution in [2.45, 2.75) is 17.7 Å². The molecule has 1 aromatic rings. The fraction of sp³-hybridized carbons (Fsp3) is 0.222. The first-order chi connectivity index (χ1) is 6.54. The third kappa shape index (κ3) is 2.93. The summed E-state index contributed by atoms with van der Waals surface area (Å²) in [7, 11) is -4.14. The summed E-state index contributed by atoms with van der Waals surface area (Å²) in [6, 6.07) is 5.90. The van der Waals surface area contributed by atoms with Crippen molar-refractivity contribution in [1.29, 1.82) is 0 Å². The van der Waals surface area contributed by atoms with Gasteiger partial charge in [0.15, 0.2) is 0 Å². The molecule has 0 aromatic heterocycles. The number of carbonyl (C=O) groups is 1. The molecule has 1 aromatic carbocycles. The largest absolute Gasteiger partial charge is 0.303 e. The van der Waals surface area contributed by atoms with Crippen molar-refractivity contribution < 1.29 is 17.8 Å². The molecule has 0 heterocycles. The number of rotatable bonds is 4. The Hall–Kier alpha value is -1.20. The number of benzene rings is 1. The van der Waals surface area contributed by atoms with Gasteiger partial charge in [-0.3, -0.25) is 4.55 Å². The van der Waals surface area contributed by atoms with Gasteiger partial charge in [-0.15, -0.1) is 0 Å². The molecule has 0 amide bonds. The van der Waals surface area contributed by atoms with Gasteiger partial charge >= 0.3 is 0 Å². The molecule has 14 heavy (non-hydrogen) atoms. The Kier molecular flexibility index (Phi) is 3.38. The smallest absolute Gasteiger partial charge is 0.294 e. The van der Waals surface area contributed by atoms with Gasteiger partial charge in [0.1, 0.15) is 6.29 Å². The molecule has 0 spiro atoms. The van der Waals surface area contributed by atoms with Crippen molar-refractivity contribution in [3.63, 3.8) is 0 Å². The molecule has 0 saturated heterocycles. The average Bonchev–Trinajstić information content (AvgIpc) is 2.14. The van der Waals surface area contributed by atoms with Gasteiger partial charge < -0.3 is 4.79 Å². The van der Waals surface area contributed by atoms with Gasteiger partial charge in [-0.1, -0.05) is 12.1 Å². The minimum absolute atomic E-state index is 0.138. The highest BCUT2D eigenvalue weighted by Crippen LogP contribution is 2.11. The standard InChI is InChI=1S/C9H10O4S/c10-6-2-4-8-3-1-5-9(7-8)14(11,12)13/h1,3,5-7H,2,4H2,(H,11,12,13). The van der Waals surface area contributed by atoms with Crippen LogP contribution in [0.15, 0.2) is 29.2 Å². The first-order valence-electron chi connectivity index (χ1n) is 4.04. The molecule has 0 bridgehead atoms. The van der Waals surface area contributed by atoms with Gasteiger partial charge in [0.25, 0.3) is 10.1 Å². The molecule has 4 nitrogen and oxygen atoms in total. The molecule has 0 fully saturated rings. The molecular weight excluding hydrogens is 204 g/mol. The lowest BCUT2D eigenvalue weighted by molar-refractivity contribution is -0.107. The normalized spacial score (nSPS) is 11.2. The zero-order chi connectivity index (χ0) is 10.6. The number of aryl methyl sites for hydroxylation is 1. The third-order valence-corrected chi connectivity index (χ3v) is 2.60. The molecule has 0 aliphatic heterocycles. The van der Waals surface area contributed by atoms with E-state index < -0.39 is 10.1 Å². The van der Waals surface area contributed by atoms with Gasteiger partial charge in [0.05, 0.1) is 4.90 Å². The van der Waals surface area contributed by atoms with Crippen molar-refractivity contribution in [2.75, 3.05) is 0 Å². The van der Waals surface area contributed by atoms with E-state index in [9.17, 15) is 13.2 Å². The van der Waals surface area contributed by atoms with Crippen molar-refractivity contribution >= 4 is 16.4 Å². The zero-order valence-electron chi connectivity index (χ0n) is 7.38. The van der Waals surface area contributed by atoms with Gasteiger partial charge in [-0.25, -0.2) is 0 Å². The molecule has 0 saturated carbocycles. The van der Waals surface area contributed by atoms with Crippen LogP contribution in [0.1, 0.15) is 12.0 Å². The number of carbonyl (C=O) groups excluding carboxylic acids is 1. The maximum Gasteiger partial charge on any atom is 0.294 e. The third-order valence-electron chi connectivity index (χ3n) is 1.75. The topological polar surface area (TPSA) is 71.4 Å². The van der Waals surface area contributed by atoms with E-state index in [-0.39, 0.29) is 4.90 Å². The Morgan fingerprint density at radius 1 is 1.36 bits per heavy atom. The van der Waals surface area contributed by atoms with E-state index in [1.54, 1.807) is 6.07 Å². The molecule has 1 N–H and O–H groups in total. The molecule has 76 valence electrons. The van der Waals surface area contributed by atoms with Crippen LogP contribution >= 0.6 is 0 Å². The highest BCUT2D eigenvalue weighted by molar-refractivity contribution is 7.85. The van der Waals surface area contributed by atoms with E-state index in [4.69, 9.17) is 4.55 Å². The number of hydrogen-bond donors (Lipinski definition) is 1. The summed E-state index contributed by atoms with van der Waals surface area (Å²) in [5, 5.41) is 0. The maximum atomic E-state index is 10.7. The summed E-state index contributed by atoms with van der Waals surface area (Å²) in [4.78, 5) is 9.95. The second kappa shape index (κ2) is 4.34. The summed E-state index contributed by atoms with van der Waals surface area (Å²) in [6.45, 7) is 0. The van der Waals surface area contributed by atoms with Crippen molar-refractivity contribution in [1.82, 2.24) is 0 Å². The average molecular weight is 214 g/mol. The van der Waals surface area contributed by atoms with Crippen LogP contribution in [0.2, 0.25) is 0 Å². The van der Waals surface area contributed by atoms with Crippen LogP contribution in [0.5, 0.6) is 0 Å². The second-order valence-electron chi connectivity index (χ2n) is 2.83. The fourth-order valence-electron chi connectivity index (χ4n) is 1.09. The van der Waals surface area contributed by atoms with Crippen LogP contribution in [0, 0.1) is 0 Å². The van der Waals surface area contributed by atoms with Crippen LogP contribution in [0.3, 0.4) is 0 Å². The maximum absolute atomic E-state index is 10.7. The van der Waals surface area contributed by atoms with Crippen molar-refractivity contribution in [3.05, 3.63) is 29.8 Å². The number of aldehydes is 1. The minimum Gasteiger partial charge on any atom is -0.303 e. The SMILES string of the molecule is O=CCCc1cccc(S(=O)(=O)O)c1. The predicted molar refractivity (Wildman–Crippen MR) is 50.6 cm³/mol. The monoisotopic (exact) mass is 214 g/mol. The van der Waals surface area contributed by atoms with E-state index >= 15 is 0 Å². The van der Waals surface area contributed by atoms with Crippen LogP contribution in [-0.2, 0) is 21.3 Å². The highest BCUT2D eigenvalue weighted by Gasteiger charge is 2.08. The van der Waals surface area contributed by atoms with Crippen molar-refractivity contribution in [2.24, 2.45) is 0 Å². The molecule has 0 unspecified atom stereocenters. The van der Waals surface area contributed by atoms with E-state index in [0.29, 0.717) is 18.4 Å². The Morgan fingerprint density at radius 2 is 2.07 bits per heavy atom. The molecule has 0 atom stereocenters. The quantitative estimate of drug-likeness (QED) is 0.601. The van der Waals surface area contributed by atoms with E-state index in [2.05, 4.69) is 0 Å². The molecule has 5 heteroatoms. The second-order valence-corrected chi connectivity index (χ2v) is 4.25. The van der Waals surface area contributed by atoms with Crippen molar-refractivity contribution in [3.8, 4) is 0 Å². The lowest BCUT2D eigenvalue weighted by Crippen LogP contribution is -1.98. The van der Waals surface area contributed by atoms with E-state index in [1.165, 1.54) is 18.2 Å². The first kappa shape index (κ1) is 10.9. The van der Waals surface area contributed by atoms with Crippen LogP contribution in [0.25, 0.3) is 0 Å². The minimum atomic E-state index is -4.14. The Labute approximate surface area is 82.3 Å². The van der Waals surface area contributed by atoms with Crippen LogP contribution in [-0.4, -0.2) is 19.3 Å².